The zero-order chi connectivity index (χ0) is 31.2. The number of aromatic nitrogens is 4. The van der Waals surface area contributed by atoms with Gasteiger partial charge in [-0.3, -0.25) is 4.98 Å². The van der Waals surface area contributed by atoms with Crippen LogP contribution in [0.25, 0.3) is 61.8 Å². The maximum absolute atomic E-state index is 6.10. The Kier molecular flexibility index (Phi) is 8.65. The summed E-state index contributed by atoms with van der Waals surface area (Å²) in [5.74, 6) is 2.19. The van der Waals surface area contributed by atoms with E-state index in [9.17, 15) is 0 Å². The number of furan rings is 1. The van der Waals surface area contributed by atoms with E-state index in [1.165, 1.54) is 47.9 Å². The molecular weight excluding hydrogens is 757 g/mol. The second-order valence-electron chi connectivity index (χ2n) is 12.8. The SMILES string of the molecule is CC(C)c1ccc2nc(-c3[c-]cccc3)n3c2c1C=CC3.Cc1ccc2c(n1)oc1c(-c3cc(C4CCCC4)ccn3)[c-]ccc12.[Ir]. The van der Waals surface area contributed by atoms with E-state index >= 15 is 0 Å². The van der Waals surface area contributed by atoms with E-state index in [2.05, 4.69) is 89.1 Å². The quantitative estimate of drug-likeness (QED) is 0.167. The summed E-state index contributed by atoms with van der Waals surface area (Å²) in [6.07, 6.45) is 11.6. The summed E-state index contributed by atoms with van der Waals surface area (Å²) < 4.78 is 8.41. The van der Waals surface area contributed by atoms with Gasteiger partial charge in [-0.1, -0.05) is 67.5 Å². The fraction of sp³-hybridized carbons (Fsp3) is 0.244. The molecular formula is C41H36IrN4O-2. The largest absolute Gasteiger partial charge is 0.486 e. The van der Waals surface area contributed by atoms with Crippen molar-refractivity contribution in [2.24, 2.45) is 0 Å². The van der Waals surface area contributed by atoms with Crippen molar-refractivity contribution in [2.75, 3.05) is 0 Å². The Labute approximate surface area is 289 Å². The van der Waals surface area contributed by atoms with Crippen LogP contribution < -0.4 is 0 Å². The van der Waals surface area contributed by atoms with Crippen molar-refractivity contribution in [3.8, 4) is 22.6 Å². The summed E-state index contributed by atoms with van der Waals surface area (Å²) in [5.41, 5.74) is 11.8. The fourth-order valence-corrected chi connectivity index (χ4v) is 7.14. The first-order valence-corrected chi connectivity index (χ1v) is 16.4. The van der Waals surface area contributed by atoms with Crippen LogP contribution in [0.4, 0.5) is 0 Å². The molecule has 0 unspecified atom stereocenters. The molecule has 4 aromatic heterocycles. The van der Waals surface area contributed by atoms with Gasteiger partial charge in [0.1, 0.15) is 0 Å². The van der Waals surface area contributed by atoms with Gasteiger partial charge in [0, 0.05) is 49.5 Å². The summed E-state index contributed by atoms with van der Waals surface area (Å²) in [6.45, 7) is 7.34. The number of pyridine rings is 2. The maximum atomic E-state index is 6.10. The van der Waals surface area contributed by atoms with Gasteiger partial charge >= 0.3 is 0 Å². The van der Waals surface area contributed by atoms with E-state index < -0.39 is 0 Å². The predicted molar refractivity (Wildman–Crippen MR) is 187 cm³/mol. The van der Waals surface area contributed by atoms with Gasteiger partial charge in [0.2, 0.25) is 5.71 Å². The van der Waals surface area contributed by atoms with E-state index in [1.807, 2.05) is 49.5 Å². The Morgan fingerprint density at radius 2 is 1.79 bits per heavy atom. The zero-order valence-corrected chi connectivity index (χ0v) is 29.3. The van der Waals surface area contributed by atoms with Crippen LogP contribution in [-0.2, 0) is 26.7 Å². The van der Waals surface area contributed by atoms with Crippen molar-refractivity contribution in [2.45, 2.75) is 64.8 Å². The number of nitrogens with zero attached hydrogens (tertiary/aromatic N) is 4. The summed E-state index contributed by atoms with van der Waals surface area (Å²) in [5, 5.41) is 2.12. The molecule has 0 spiro atoms. The Balaban J connectivity index is 0.000000148. The van der Waals surface area contributed by atoms with E-state index in [1.54, 1.807) is 0 Å². The third-order valence-electron chi connectivity index (χ3n) is 9.43. The number of hydrogen-bond acceptors (Lipinski definition) is 4. The van der Waals surface area contributed by atoms with E-state index in [4.69, 9.17) is 9.40 Å². The van der Waals surface area contributed by atoms with Crippen LogP contribution in [0.1, 0.15) is 73.8 Å². The first-order chi connectivity index (χ1) is 22.5. The van der Waals surface area contributed by atoms with Gasteiger partial charge in [0.15, 0.2) is 0 Å². The first kappa shape index (κ1) is 31.2. The molecule has 0 N–H and O–H groups in total. The second-order valence-corrected chi connectivity index (χ2v) is 12.8. The predicted octanol–water partition coefficient (Wildman–Crippen LogP) is 10.5. The number of rotatable bonds is 4. The molecule has 1 radical (unpaired) electrons. The molecule has 0 amide bonds. The topological polar surface area (TPSA) is 56.7 Å². The summed E-state index contributed by atoms with van der Waals surface area (Å²) in [4.78, 5) is 14.0. The van der Waals surface area contributed by atoms with Crippen LogP contribution in [0.2, 0.25) is 0 Å². The summed E-state index contributed by atoms with van der Waals surface area (Å²) in [6, 6.07) is 31.5. The molecule has 237 valence electrons. The molecule has 1 aliphatic carbocycles. The standard InChI is InChI=1S/C22H19N2O.C19H17N2.Ir/c1-14-9-10-18-17-7-4-8-19(21(17)25-22(18)24-14)20-13-16(11-12-23-20)15-5-2-3-6-15;1-13(2)15-10-11-17-18-16(15)9-6-12-21(18)19(20-17)14-7-4-3-5-8-14;/h4,7,9-13,15H,2-3,5-6H2,1H3;3-7,9-11,13H,12H2,1-2H3;/q2*-1;. The van der Waals surface area contributed by atoms with Gasteiger partial charge in [-0.2, -0.15) is 0 Å². The summed E-state index contributed by atoms with van der Waals surface area (Å²) in [7, 11) is 0. The fourth-order valence-electron chi connectivity index (χ4n) is 7.14. The first-order valence-electron chi connectivity index (χ1n) is 16.4. The minimum atomic E-state index is 0. The zero-order valence-electron chi connectivity index (χ0n) is 26.9. The number of fused-ring (bicyclic) bond motifs is 3. The van der Waals surface area contributed by atoms with Crippen LogP contribution in [0.3, 0.4) is 0 Å². The Bertz CT molecular complexity index is 2240. The van der Waals surface area contributed by atoms with E-state index in [0.717, 1.165) is 56.8 Å². The van der Waals surface area contributed by atoms with Gasteiger partial charge < -0.3 is 14.0 Å². The van der Waals surface area contributed by atoms with Gasteiger partial charge in [-0.05, 0) is 67.1 Å². The van der Waals surface area contributed by atoms with Crippen molar-refractivity contribution in [3.63, 3.8) is 0 Å². The van der Waals surface area contributed by atoms with Crippen molar-refractivity contribution in [3.05, 3.63) is 120 Å². The Hall–Kier alpha value is -4.38. The van der Waals surface area contributed by atoms with Crippen molar-refractivity contribution >= 4 is 39.2 Å². The summed E-state index contributed by atoms with van der Waals surface area (Å²) >= 11 is 0. The minimum absolute atomic E-state index is 0. The molecule has 6 heteroatoms. The number of benzene rings is 3. The molecule has 1 fully saturated rings. The molecule has 5 heterocycles. The minimum Gasteiger partial charge on any atom is -0.486 e. The molecule has 0 bridgehead atoms. The van der Waals surface area contributed by atoms with Gasteiger partial charge in [-0.15, -0.1) is 54.1 Å². The van der Waals surface area contributed by atoms with Crippen LogP contribution in [0, 0.1) is 19.1 Å². The molecule has 1 aliphatic heterocycles. The molecule has 0 saturated heterocycles. The molecule has 0 atom stereocenters. The number of aryl methyl sites for hydroxylation is 1. The number of imidazole rings is 1. The average Bonchev–Trinajstić information content (AvgIpc) is 3.84. The second kappa shape index (κ2) is 13.0. The van der Waals surface area contributed by atoms with Gasteiger partial charge in [0.25, 0.3) is 0 Å². The van der Waals surface area contributed by atoms with E-state index in [0.29, 0.717) is 17.5 Å². The number of hydrogen-bond donors (Lipinski definition) is 0. The molecule has 5 nitrogen and oxygen atoms in total. The average molecular weight is 793 g/mol. The number of allylic oxidation sites excluding steroid dienone is 1. The molecule has 47 heavy (non-hydrogen) atoms. The van der Waals surface area contributed by atoms with Crippen LogP contribution in [-0.4, -0.2) is 19.5 Å². The normalized spacial score (nSPS) is 14.1. The van der Waals surface area contributed by atoms with Crippen LogP contribution in [0.5, 0.6) is 0 Å². The smallest absolute Gasteiger partial charge is 0.216 e. The molecule has 3 aromatic carbocycles. The Morgan fingerprint density at radius 1 is 0.915 bits per heavy atom. The monoisotopic (exact) mass is 793 g/mol. The molecule has 1 saturated carbocycles. The van der Waals surface area contributed by atoms with Crippen molar-refractivity contribution < 1.29 is 24.5 Å². The molecule has 2 aliphatic rings. The van der Waals surface area contributed by atoms with Crippen LogP contribution >= 0.6 is 0 Å². The third kappa shape index (κ3) is 5.75. The van der Waals surface area contributed by atoms with Crippen LogP contribution in [0.15, 0.2) is 89.5 Å². The van der Waals surface area contributed by atoms with Gasteiger partial charge in [0.05, 0.1) is 22.4 Å². The maximum Gasteiger partial charge on any atom is 0.216 e. The third-order valence-corrected chi connectivity index (χ3v) is 9.43. The van der Waals surface area contributed by atoms with Gasteiger partial charge in [-0.25, -0.2) is 4.98 Å². The molecule has 7 aromatic rings. The van der Waals surface area contributed by atoms with Crippen molar-refractivity contribution in [1.29, 1.82) is 0 Å². The molecule has 9 rings (SSSR count). The van der Waals surface area contributed by atoms with E-state index in [-0.39, 0.29) is 20.1 Å². The Morgan fingerprint density at radius 3 is 2.60 bits per heavy atom. The van der Waals surface area contributed by atoms with Crippen molar-refractivity contribution in [1.82, 2.24) is 19.5 Å².